The fraction of sp³-hybridized carbons (Fsp3) is 0.448. The van der Waals surface area contributed by atoms with Crippen molar-refractivity contribution < 1.29 is 33.4 Å². The molecule has 1 aliphatic rings. The Morgan fingerprint density at radius 1 is 0.789 bits per heavy atom. The van der Waals surface area contributed by atoms with E-state index in [1.165, 1.54) is 7.11 Å². The van der Waals surface area contributed by atoms with Crippen LogP contribution in [0.4, 0.5) is 4.79 Å². The maximum absolute atomic E-state index is 13.5. The molecule has 1 unspecified atom stereocenters. The molecule has 0 heterocycles. The largest absolute Gasteiger partial charge is 0.467 e. The molecule has 1 saturated carbocycles. The summed E-state index contributed by atoms with van der Waals surface area (Å²) < 4.78 is 15.7. The molecule has 0 aliphatic heterocycles. The summed E-state index contributed by atoms with van der Waals surface area (Å²) in [5, 5.41) is 5.30. The monoisotopic (exact) mass is 524 g/mol. The summed E-state index contributed by atoms with van der Waals surface area (Å²) in [4.78, 5) is 51.6. The SMILES string of the molecule is COC(=O)C1(NC(=O)C(CC(=O)OCc2ccccc2)NC(=O)OCc2ccccc2)CCCCCCC1. The van der Waals surface area contributed by atoms with Gasteiger partial charge in [-0.25, -0.2) is 9.59 Å². The molecule has 1 atom stereocenters. The average molecular weight is 525 g/mol. The Kier molecular flexibility index (Phi) is 11.1. The first-order valence-electron chi connectivity index (χ1n) is 13.0. The summed E-state index contributed by atoms with van der Waals surface area (Å²) >= 11 is 0. The van der Waals surface area contributed by atoms with Gasteiger partial charge in [-0.3, -0.25) is 9.59 Å². The highest BCUT2D eigenvalue weighted by Crippen LogP contribution is 2.28. The van der Waals surface area contributed by atoms with Gasteiger partial charge in [0.1, 0.15) is 24.8 Å². The van der Waals surface area contributed by atoms with Gasteiger partial charge in [0.25, 0.3) is 0 Å². The van der Waals surface area contributed by atoms with Crippen molar-refractivity contribution in [2.45, 2.75) is 76.2 Å². The van der Waals surface area contributed by atoms with Crippen molar-refractivity contribution in [2.75, 3.05) is 7.11 Å². The van der Waals surface area contributed by atoms with Gasteiger partial charge in [0, 0.05) is 0 Å². The van der Waals surface area contributed by atoms with Crippen molar-refractivity contribution >= 4 is 23.9 Å². The van der Waals surface area contributed by atoms with E-state index in [0.29, 0.717) is 12.8 Å². The maximum Gasteiger partial charge on any atom is 0.408 e. The lowest BCUT2D eigenvalue weighted by atomic mass is 9.83. The van der Waals surface area contributed by atoms with E-state index >= 15 is 0 Å². The van der Waals surface area contributed by atoms with Crippen LogP contribution in [0.15, 0.2) is 60.7 Å². The third kappa shape index (κ3) is 8.90. The van der Waals surface area contributed by atoms with Gasteiger partial charge in [-0.1, -0.05) is 92.8 Å². The summed E-state index contributed by atoms with van der Waals surface area (Å²) in [6.07, 6.45) is 3.95. The van der Waals surface area contributed by atoms with Crippen molar-refractivity contribution in [3.8, 4) is 0 Å². The van der Waals surface area contributed by atoms with Crippen molar-refractivity contribution in [1.29, 1.82) is 0 Å². The Hall–Kier alpha value is -3.88. The van der Waals surface area contributed by atoms with E-state index in [1.54, 1.807) is 12.1 Å². The first-order valence-corrected chi connectivity index (χ1v) is 13.0. The van der Waals surface area contributed by atoms with E-state index < -0.39 is 41.9 Å². The Bertz CT molecular complexity index is 994. The molecule has 2 aromatic rings. The smallest absolute Gasteiger partial charge is 0.408 e. The molecule has 38 heavy (non-hydrogen) atoms. The molecule has 2 aromatic carbocycles. The number of hydrogen-bond donors (Lipinski definition) is 2. The van der Waals surface area contributed by atoms with Crippen LogP contribution < -0.4 is 10.6 Å². The zero-order chi connectivity index (χ0) is 27.2. The van der Waals surface area contributed by atoms with Crippen molar-refractivity contribution in [3.63, 3.8) is 0 Å². The number of hydrogen-bond acceptors (Lipinski definition) is 7. The second-order valence-corrected chi connectivity index (χ2v) is 9.44. The van der Waals surface area contributed by atoms with Gasteiger partial charge < -0.3 is 24.8 Å². The highest BCUT2D eigenvalue weighted by molar-refractivity contribution is 5.94. The first-order chi connectivity index (χ1) is 18.4. The number of esters is 2. The Morgan fingerprint density at radius 2 is 1.32 bits per heavy atom. The molecule has 0 saturated heterocycles. The molecular weight excluding hydrogens is 488 g/mol. The first kappa shape index (κ1) is 28.7. The average Bonchev–Trinajstić information content (AvgIpc) is 2.92. The van der Waals surface area contributed by atoms with Gasteiger partial charge in [-0.05, 0) is 24.0 Å². The van der Waals surface area contributed by atoms with Gasteiger partial charge in [-0.15, -0.1) is 0 Å². The molecule has 0 bridgehead atoms. The summed E-state index contributed by atoms with van der Waals surface area (Å²) in [6, 6.07) is 16.9. The van der Waals surface area contributed by atoms with Gasteiger partial charge in [-0.2, -0.15) is 0 Å². The minimum atomic E-state index is -1.31. The highest BCUT2D eigenvalue weighted by Gasteiger charge is 2.42. The van der Waals surface area contributed by atoms with E-state index in [9.17, 15) is 19.2 Å². The van der Waals surface area contributed by atoms with Crippen molar-refractivity contribution in [3.05, 3.63) is 71.8 Å². The van der Waals surface area contributed by atoms with Crippen molar-refractivity contribution in [2.24, 2.45) is 0 Å². The summed E-state index contributed by atoms with van der Waals surface area (Å²) in [5.74, 6) is -1.89. The van der Waals surface area contributed by atoms with Crippen LogP contribution in [-0.2, 0) is 41.8 Å². The van der Waals surface area contributed by atoms with Gasteiger partial charge in [0.15, 0.2) is 0 Å². The van der Waals surface area contributed by atoms with E-state index in [2.05, 4.69) is 10.6 Å². The molecule has 9 nitrogen and oxygen atoms in total. The van der Waals surface area contributed by atoms with Crippen LogP contribution in [0.25, 0.3) is 0 Å². The second-order valence-electron chi connectivity index (χ2n) is 9.44. The molecule has 204 valence electrons. The standard InChI is InChI=1S/C29H36N2O7/c1-36-27(34)29(17-11-3-2-4-12-18-29)31-26(33)24(19-25(32)37-20-22-13-7-5-8-14-22)30-28(35)38-21-23-15-9-6-10-16-23/h5-10,13-16,24H,2-4,11-12,17-21H2,1H3,(H,30,35)(H,31,33). The summed E-state index contributed by atoms with van der Waals surface area (Å²) in [7, 11) is 1.28. The van der Waals surface area contributed by atoms with E-state index in [0.717, 1.165) is 43.2 Å². The summed E-state index contributed by atoms with van der Waals surface area (Å²) in [5.41, 5.74) is 0.329. The molecule has 2 N–H and O–H groups in total. The number of ether oxygens (including phenoxy) is 3. The van der Waals surface area contributed by atoms with Crippen LogP contribution >= 0.6 is 0 Å². The second kappa shape index (κ2) is 14.8. The molecule has 0 aromatic heterocycles. The van der Waals surface area contributed by atoms with Gasteiger partial charge >= 0.3 is 18.0 Å². The number of methoxy groups -OCH3 is 1. The number of nitrogens with one attached hydrogen (secondary N) is 2. The lowest BCUT2D eigenvalue weighted by Gasteiger charge is -2.34. The number of carbonyl (C=O) groups is 4. The Morgan fingerprint density at radius 3 is 1.87 bits per heavy atom. The highest BCUT2D eigenvalue weighted by atomic mass is 16.6. The zero-order valence-electron chi connectivity index (χ0n) is 21.8. The fourth-order valence-electron chi connectivity index (χ4n) is 4.49. The molecule has 3 rings (SSSR count). The van der Waals surface area contributed by atoms with Crippen LogP contribution in [-0.4, -0.2) is 42.6 Å². The van der Waals surface area contributed by atoms with Crippen molar-refractivity contribution in [1.82, 2.24) is 10.6 Å². The van der Waals surface area contributed by atoms with E-state index in [-0.39, 0.29) is 13.2 Å². The van der Waals surface area contributed by atoms with Crippen LogP contribution in [0.2, 0.25) is 0 Å². The van der Waals surface area contributed by atoms with E-state index in [4.69, 9.17) is 14.2 Å². The molecule has 0 radical (unpaired) electrons. The molecule has 0 spiro atoms. The number of carbonyl (C=O) groups excluding carboxylic acids is 4. The van der Waals surface area contributed by atoms with Crippen LogP contribution in [0.1, 0.15) is 62.5 Å². The Balaban J connectivity index is 1.71. The quantitative estimate of drug-likeness (QED) is 0.353. The van der Waals surface area contributed by atoms with E-state index in [1.807, 2.05) is 48.5 Å². The van der Waals surface area contributed by atoms with Crippen LogP contribution in [0.5, 0.6) is 0 Å². The maximum atomic E-state index is 13.5. The normalized spacial score (nSPS) is 15.6. The predicted molar refractivity (Wildman–Crippen MR) is 140 cm³/mol. The molecular formula is C29H36N2O7. The number of rotatable bonds is 10. The molecule has 1 fully saturated rings. The van der Waals surface area contributed by atoms with Gasteiger partial charge in [0.2, 0.25) is 5.91 Å². The van der Waals surface area contributed by atoms with Crippen LogP contribution in [0.3, 0.4) is 0 Å². The Labute approximate surface area is 223 Å². The van der Waals surface area contributed by atoms with Crippen LogP contribution in [0, 0.1) is 0 Å². The number of benzene rings is 2. The lowest BCUT2D eigenvalue weighted by Crippen LogP contribution is -2.60. The minimum absolute atomic E-state index is 0.00837. The third-order valence-corrected chi connectivity index (χ3v) is 6.58. The third-order valence-electron chi connectivity index (χ3n) is 6.58. The molecule has 1 aliphatic carbocycles. The molecule has 9 heteroatoms. The van der Waals surface area contributed by atoms with Gasteiger partial charge in [0.05, 0.1) is 13.5 Å². The topological polar surface area (TPSA) is 120 Å². The number of alkyl carbamates (subject to hydrolysis) is 1. The summed E-state index contributed by atoms with van der Waals surface area (Å²) in [6.45, 7) is 0.0180. The number of amides is 2. The lowest BCUT2D eigenvalue weighted by molar-refractivity contribution is -0.153. The predicted octanol–water partition coefficient (Wildman–Crippen LogP) is 4.19. The minimum Gasteiger partial charge on any atom is -0.467 e. The molecule has 2 amide bonds. The zero-order valence-corrected chi connectivity index (χ0v) is 21.8. The fourth-order valence-corrected chi connectivity index (χ4v) is 4.49.